The van der Waals surface area contributed by atoms with Gasteiger partial charge >= 0.3 is 5.97 Å². The Morgan fingerprint density at radius 3 is 2.83 bits per heavy atom. The molecule has 1 saturated heterocycles. The Hall–Kier alpha value is -3.01. The average Bonchev–Trinajstić information content (AvgIpc) is 3.26. The van der Waals surface area contributed by atoms with E-state index >= 15 is 0 Å². The lowest BCUT2D eigenvalue weighted by Crippen LogP contribution is -2.47. The molecule has 0 aromatic carbocycles. The SMILES string of the molecule is CCCC[C@H](CN(O)C=O)C(=O)N1CCC[C@H]1C(=O)Nc1ccc(C(=O)OC)cn1.[HH]. The van der Waals surface area contributed by atoms with Gasteiger partial charge in [0.15, 0.2) is 0 Å². The van der Waals surface area contributed by atoms with Crippen LogP contribution in [0.2, 0.25) is 0 Å². The minimum atomic E-state index is -0.660. The average molecular weight is 422 g/mol. The molecule has 166 valence electrons. The predicted octanol–water partition coefficient (Wildman–Crippen LogP) is 1.70. The van der Waals surface area contributed by atoms with E-state index in [1.807, 2.05) is 6.92 Å². The van der Waals surface area contributed by atoms with Gasteiger partial charge in [-0.2, -0.15) is 0 Å². The molecule has 2 N–H and O–H groups in total. The largest absolute Gasteiger partial charge is 0.465 e. The van der Waals surface area contributed by atoms with Crippen LogP contribution in [0.4, 0.5) is 5.82 Å². The maximum Gasteiger partial charge on any atom is 0.339 e. The number of anilines is 1. The number of aromatic nitrogens is 1. The fourth-order valence-electron chi connectivity index (χ4n) is 3.47. The third kappa shape index (κ3) is 5.99. The molecule has 10 heteroatoms. The first-order valence-electron chi connectivity index (χ1n) is 9.97. The third-order valence-electron chi connectivity index (χ3n) is 5.06. The predicted molar refractivity (Wildman–Crippen MR) is 109 cm³/mol. The molecule has 2 heterocycles. The number of unbranched alkanes of at least 4 members (excludes halogenated alkanes) is 1. The number of ether oxygens (including phenoxy) is 1. The summed E-state index contributed by atoms with van der Waals surface area (Å²) in [5, 5.41) is 12.7. The Bertz CT molecular complexity index is 761. The molecule has 2 atom stereocenters. The highest BCUT2D eigenvalue weighted by molar-refractivity contribution is 5.97. The third-order valence-corrected chi connectivity index (χ3v) is 5.06. The molecule has 30 heavy (non-hydrogen) atoms. The van der Waals surface area contributed by atoms with Gasteiger partial charge in [-0.1, -0.05) is 19.8 Å². The second kappa shape index (κ2) is 11.2. The van der Waals surface area contributed by atoms with E-state index in [-0.39, 0.29) is 37.6 Å². The van der Waals surface area contributed by atoms with Crippen LogP contribution in [-0.4, -0.2) is 70.6 Å². The number of carbonyl (C=O) groups is 4. The van der Waals surface area contributed by atoms with Crippen molar-refractivity contribution in [3.63, 3.8) is 0 Å². The quantitative estimate of drug-likeness (QED) is 0.254. The van der Waals surface area contributed by atoms with Crippen molar-refractivity contribution in [2.75, 3.05) is 25.5 Å². The van der Waals surface area contributed by atoms with Crippen molar-refractivity contribution in [3.8, 4) is 0 Å². The molecule has 1 aliphatic heterocycles. The van der Waals surface area contributed by atoms with Crippen LogP contribution in [0.15, 0.2) is 18.3 Å². The second-order valence-corrected chi connectivity index (χ2v) is 7.17. The number of pyridine rings is 1. The van der Waals surface area contributed by atoms with Crippen LogP contribution in [0.25, 0.3) is 0 Å². The molecule has 0 unspecified atom stereocenters. The summed E-state index contributed by atoms with van der Waals surface area (Å²) in [5.41, 5.74) is 0.260. The zero-order valence-electron chi connectivity index (χ0n) is 17.2. The van der Waals surface area contributed by atoms with Crippen molar-refractivity contribution in [3.05, 3.63) is 23.9 Å². The van der Waals surface area contributed by atoms with E-state index in [9.17, 15) is 24.4 Å². The lowest BCUT2D eigenvalue weighted by atomic mass is 9.99. The van der Waals surface area contributed by atoms with Gasteiger partial charge in [0, 0.05) is 14.2 Å². The smallest absolute Gasteiger partial charge is 0.339 e. The first kappa shape index (κ1) is 23.3. The fraction of sp³-hybridized carbons (Fsp3) is 0.550. The highest BCUT2D eigenvalue weighted by Gasteiger charge is 2.37. The van der Waals surface area contributed by atoms with Crippen molar-refractivity contribution in [1.82, 2.24) is 14.9 Å². The van der Waals surface area contributed by atoms with E-state index < -0.39 is 17.9 Å². The van der Waals surface area contributed by atoms with Crippen molar-refractivity contribution in [1.29, 1.82) is 0 Å². The zero-order chi connectivity index (χ0) is 22.1. The number of hydrogen-bond acceptors (Lipinski definition) is 7. The van der Waals surface area contributed by atoms with Gasteiger partial charge in [-0.25, -0.2) is 14.8 Å². The Kier molecular flexibility index (Phi) is 8.72. The molecule has 1 fully saturated rings. The molecular weight excluding hydrogens is 392 g/mol. The number of rotatable bonds is 10. The van der Waals surface area contributed by atoms with E-state index in [1.54, 1.807) is 0 Å². The van der Waals surface area contributed by atoms with Crippen molar-refractivity contribution in [2.45, 2.75) is 45.1 Å². The lowest BCUT2D eigenvalue weighted by molar-refractivity contribution is -0.157. The number of methoxy groups -OCH3 is 1. The molecule has 0 spiro atoms. The van der Waals surface area contributed by atoms with E-state index in [1.165, 1.54) is 30.3 Å². The van der Waals surface area contributed by atoms with Crippen LogP contribution in [-0.2, 0) is 19.1 Å². The first-order valence-corrected chi connectivity index (χ1v) is 9.97. The topological polar surface area (TPSA) is 129 Å². The Labute approximate surface area is 176 Å². The van der Waals surface area contributed by atoms with Crippen molar-refractivity contribution >= 4 is 30.0 Å². The summed E-state index contributed by atoms with van der Waals surface area (Å²) < 4.78 is 4.61. The maximum atomic E-state index is 13.0. The van der Waals surface area contributed by atoms with Gasteiger partial charge in [-0.15, -0.1) is 0 Å². The summed E-state index contributed by atoms with van der Waals surface area (Å²) in [7, 11) is 1.27. The summed E-state index contributed by atoms with van der Waals surface area (Å²) in [4.78, 5) is 53.6. The van der Waals surface area contributed by atoms with Crippen LogP contribution < -0.4 is 5.32 Å². The highest BCUT2D eigenvalue weighted by Crippen LogP contribution is 2.23. The molecule has 3 amide bonds. The summed E-state index contributed by atoms with van der Waals surface area (Å²) in [6.07, 6.45) is 4.91. The zero-order valence-corrected chi connectivity index (χ0v) is 17.2. The Morgan fingerprint density at radius 2 is 2.23 bits per heavy atom. The van der Waals surface area contributed by atoms with Crippen LogP contribution in [0.5, 0.6) is 0 Å². The van der Waals surface area contributed by atoms with Gasteiger partial charge in [0.2, 0.25) is 18.2 Å². The molecule has 1 aromatic rings. The minimum absolute atomic E-state index is 0. The fourth-order valence-corrected chi connectivity index (χ4v) is 3.47. The van der Waals surface area contributed by atoms with E-state index in [2.05, 4.69) is 15.0 Å². The number of carbonyl (C=O) groups excluding carboxylic acids is 4. The molecule has 0 aliphatic carbocycles. The van der Waals surface area contributed by atoms with E-state index in [0.717, 1.165) is 12.8 Å². The van der Waals surface area contributed by atoms with Gasteiger partial charge in [-0.05, 0) is 31.4 Å². The van der Waals surface area contributed by atoms with E-state index in [4.69, 9.17) is 0 Å². The molecule has 1 aliphatic rings. The van der Waals surface area contributed by atoms with Crippen molar-refractivity contribution < 1.29 is 30.5 Å². The lowest BCUT2D eigenvalue weighted by Gasteiger charge is -2.29. The number of hydroxylamine groups is 2. The first-order chi connectivity index (χ1) is 14.4. The molecule has 0 radical (unpaired) electrons. The van der Waals surface area contributed by atoms with Crippen LogP contribution in [0.3, 0.4) is 0 Å². The monoisotopic (exact) mass is 422 g/mol. The van der Waals surface area contributed by atoms with Crippen molar-refractivity contribution in [2.24, 2.45) is 5.92 Å². The highest BCUT2D eigenvalue weighted by atomic mass is 16.5. The number of nitrogens with one attached hydrogen (secondary N) is 1. The van der Waals surface area contributed by atoms with Crippen LogP contribution in [0, 0.1) is 5.92 Å². The van der Waals surface area contributed by atoms with Crippen LogP contribution >= 0.6 is 0 Å². The minimum Gasteiger partial charge on any atom is -0.465 e. The summed E-state index contributed by atoms with van der Waals surface area (Å²) in [5.74, 6) is -1.47. The summed E-state index contributed by atoms with van der Waals surface area (Å²) in [6.45, 7) is 2.31. The van der Waals surface area contributed by atoms with Gasteiger partial charge in [0.05, 0.1) is 25.1 Å². The van der Waals surface area contributed by atoms with E-state index in [0.29, 0.717) is 30.9 Å². The molecule has 2 rings (SSSR count). The van der Waals surface area contributed by atoms with Gasteiger partial charge < -0.3 is 15.0 Å². The molecule has 1 aromatic heterocycles. The Balaban J connectivity index is 0.00000480. The summed E-state index contributed by atoms with van der Waals surface area (Å²) >= 11 is 0. The van der Waals surface area contributed by atoms with Gasteiger partial charge in [-0.3, -0.25) is 19.6 Å². The molecule has 0 saturated carbocycles. The Morgan fingerprint density at radius 1 is 1.47 bits per heavy atom. The standard InChI is InChI=1S/C20H28N4O6.H2/c1-3-4-6-15(12-23(29)13-25)19(27)24-10-5-7-16(24)18(26)22-17-9-8-14(11-21-17)20(28)30-2;/h8-9,11,13,15-16,29H,3-7,10,12H2,1-2H3,(H,21,22,26);1H/t15-,16+;/m1./s1. The number of hydrogen-bond donors (Lipinski definition) is 2. The normalized spacial score (nSPS) is 16.6. The number of amides is 3. The number of esters is 1. The summed E-state index contributed by atoms with van der Waals surface area (Å²) in [6, 6.07) is 2.32. The van der Waals surface area contributed by atoms with Gasteiger partial charge in [0.1, 0.15) is 11.9 Å². The number of likely N-dealkylation sites (tertiary alicyclic amines) is 1. The maximum absolute atomic E-state index is 13.0. The molecule has 10 nitrogen and oxygen atoms in total. The van der Waals surface area contributed by atoms with Gasteiger partial charge in [0.25, 0.3) is 0 Å². The molecular formula is C20H30N4O6. The van der Waals surface area contributed by atoms with Crippen LogP contribution in [0.1, 0.15) is 50.8 Å². The number of nitrogens with zero attached hydrogens (tertiary/aromatic N) is 3. The second-order valence-electron chi connectivity index (χ2n) is 7.17. The molecule has 0 bridgehead atoms.